The quantitative estimate of drug-likeness (QED) is 0.848. The van der Waals surface area contributed by atoms with Crippen LogP contribution in [-0.2, 0) is 9.53 Å². The topological polar surface area (TPSA) is 64.3 Å². The number of anilines is 1. The van der Waals surface area contributed by atoms with Crippen molar-refractivity contribution in [2.45, 2.75) is 25.7 Å². The van der Waals surface area contributed by atoms with Crippen molar-refractivity contribution in [1.82, 2.24) is 0 Å². The number of carbonyl (C=O) groups is 1. The van der Waals surface area contributed by atoms with Crippen LogP contribution in [0, 0.1) is 11.8 Å². The number of ether oxygens (including phenoxy) is 1. The number of rotatable bonds is 6. The number of halogens is 1. The lowest BCUT2D eigenvalue weighted by Crippen LogP contribution is -2.31. The van der Waals surface area contributed by atoms with Crippen LogP contribution in [0.4, 0.5) is 5.69 Å². The molecular formula is C16H23ClN2O2. The maximum atomic E-state index is 11.8. The average molecular weight is 311 g/mol. The Morgan fingerprint density at radius 2 is 2.00 bits per heavy atom. The van der Waals surface area contributed by atoms with Crippen molar-refractivity contribution in [2.24, 2.45) is 17.6 Å². The van der Waals surface area contributed by atoms with Gasteiger partial charge >= 0.3 is 0 Å². The number of amides is 1. The van der Waals surface area contributed by atoms with E-state index in [4.69, 9.17) is 22.1 Å². The molecule has 1 aromatic rings. The lowest BCUT2D eigenvalue weighted by molar-refractivity contribution is -0.121. The van der Waals surface area contributed by atoms with Crippen LogP contribution in [0.2, 0.25) is 5.02 Å². The molecule has 0 radical (unpaired) electrons. The molecule has 2 atom stereocenters. The third kappa shape index (κ3) is 4.99. The Bertz CT molecular complexity index is 467. The monoisotopic (exact) mass is 310 g/mol. The molecule has 2 unspecified atom stereocenters. The molecule has 1 fully saturated rings. The molecule has 116 valence electrons. The summed E-state index contributed by atoms with van der Waals surface area (Å²) in [6.45, 7) is 1.37. The zero-order chi connectivity index (χ0) is 15.1. The van der Waals surface area contributed by atoms with Gasteiger partial charge in [0.05, 0.1) is 17.3 Å². The lowest BCUT2D eigenvalue weighted by Gasteiger charge is -2.30. The van der Waals surface area contributed by atoms with E-state index in [-0.39, 0.29) is 12.5 Å². The Kier molecular flexibility index (Phi) is 6.49. The zero-order valence-electron chi connectivity index (χ0n) is 12.2. The molecule has 4 nitrogen and oxygen atoms in total. The minimum Gasteiger partial charge on any atom is -0.371 e. The van der Waals surface area contributed by atoms with E-state index in [2.05, 4.69) is 5.32 Å². The Labute approximate surface area is 131 Å². The van der Waals surface area contributed by atoms with Crippen LogP contribution in [0.15, 0.2) is 24.3 Å². The Morgan fingerprint density at radius 3 is 2.71 bits per heavy atom. The summed E-state index contributed by atoms with van der Waals surface area (Å²) in [6.07, 6.45) is 4.81. The van der Waals surface area contributed by atoms with E-state index in [1.54, 1.807) is 12.1 Å². The van der Waals surface area contributed by atoms with Crippen molar-refractivity contribution in [3.63, 3.8) is 0 Å². The highest BCUT2D eigenvalue weighted by molar-refractivity contribution is 6.33. The summed E-state index contributed by atoms with van der Waals surface area (Å²) in [4.78, 5) is 11.8. The number of hydrogen-bond acceptors (Lipinski definition) is 3. The summed E-state index contributed by atoms with van der Waals surface area (Å²) in [6, 6.07) is 7.17. The summed E-state index contributed by atoms with van der Waals surface area (Å²) in [7, 11) is 0. The molecule has 0 aliphatic heterocycles. The Hall–Kier alpha value is -1.10. The van der Waals surface area contributed by atoms with Crippen LogP contribution >= 0.6 is 11.6 Å². The third-order valence-corrected chi connectivity index (χ3v) is 4.41. The van der Waals surface area contributed by atoms with Gasteiger partial charge in [-0.2, -0.15) is 0 Å². The highest BCUT2D eigenvalue weighted by atomic mass is 35.5. The number of nitrogens with one attached hydrogen (secondary N) is 1. The van der Waals surface area contributed by atoms with Crippen molar-refractivity contribution in [3.8, 4) is 0 Å². The summed E-state index contributed by atoms with van der Waals surface area (Å²) >= 11 is 5.99. The van der Waals surface area contributed by atoms with Crippen molar-refractivity contribution in [2.75, 3.05) is 25.1 Å². The van der Waals surface area contributed by atoms with E-state index in [1.807, 2.05) is 12.1 Å². The molecule has 1 aliphatic rings. The molecule has 0 bridgehead atoms. The van der Waals surface area contributed by atoms with Crippen LogP contribution in [0.5, 0.6) is 0 Å². The van der Waals surface area contributed by atoms with Crippen molar-refractivity contribution < 1.29 is 9.53 Å². The molecular weight excluding hydrogens is 288 g/mol. The van der Waals surface area contributed by atoms with Gasteiger partial charge in [0.15, 0.2) is 0 Å². The second-order valence-electron chi connectivity index (χ2n) is 5.58. The van der Waals surface area contributed by atoms with Crippen molar-refractivity contribution in [3.05, 3.63) is 29.3 Å². The first-order valence-corrected chi connectivity index (χ1v) is 7.90. The second kappa shape index (κ2) is 8.37. The molecule has 1 saturated carbocycles. The van der Waals surface area contributed by atoms with Gasteiger partial charge in [0, 0.05) is 0 Å². The summed E-state index contributed by atoms with van der Waals surface area (Å²) in [5.74, 6) is 0.838. The predicted octanol–water partition coefficient (Wildman–Crippen LogP) is 3.06. The molecule has 21 heavy (non-hydrogen) atoms. The third-order valence-electron chi connectivity index (χ3n) is 4.08. The number of benzene rings is 1. The standard InChI is InChI=1S/C16H23ClN2O2/c17-14-7-3-4-8-15(14)19-16(20)11-21-10-13-6-2-1-5-12(13)9-18/h3-4,7-8,12-13H,1-2,5-6,9-11,18H2,(H,19,20). The minimum atomic E-state index is -0.178. The zero-order valence-corrected chi connectivity index (χ0v) is 12.9. The SMILES string of the molecule is NCC1CCCCC1COCC(=O)Nc1ccccc1Cl. The van der Waals surface area contributed by atoms with Crippen molar-refractivity contribution in [1.29, 1.82) is 0 Å². The number of hydrogen-bond donors (Lipinski definition) is 2. The Balaban J connectivity index is 1.73. The first kappa shape index (κ1) is 16.3. The van der Waals surface area contributed by atoms with Crippen LogP contribution in [0.1, 0.15) is 25.7 Å². The molecule has 0 spiro atoms. The smallest absolute Gasteiger partial charge is 0.250 e. The van der Waals surface area contributed by atoms with Gasteiger partial charge in [0.1, 0.15) is 6.61 Å². The number of para-hydroxylation sites is 1. The van der Waals surface area contributed by atoms with Crippen LogP contribution in [0.25, 0.3) is 0 Å². The van der Waals surface area contributed by atoms with Gasteiger partial charge in [-0.05, 0) is 43.4 Å². The molecule has 5 heteroatoms. The molecule has 3 N–H and O–H groups in total. The summed E-state index contributed by atoms with van der Waals surface area (Å²) < 4.78 is 5.57. The van der Waals surface area contributed by atoms with E-state index >= 15 is 0 Å². The largest absolute Gasteiger partial charge is 0.371 e. The predicted molar refractivity (Wildman–Crippen MR) is 85.4 cm³/mol. The second-order valence-corrected chi connectivity index (χ2v) is 5.99. The van der Waals surface area contributed by atoms with E-state index in [1.165, 1.54) is 19.3 Å². The first-order valence-electron chi connectivity index (χ1n) is 7.53. The van der Waals surface area contributed by atoms with Gasteiger partial charge in [0.25, 0.3) is 0 Å². The highest BCUT2D eigenvalue weighted by Gasteiger charge is 2.24. The van der Waals surface area contributed by atoms with Gasteiger partial charge in [0.2, 0.25) is 5.91 Å². The minimum absolute atomic E-state index is 0.0546. The molecule has 1 aromatic carbocycles. The van der Waals surface area contributed by atoms with Crippen LogP contribution < -0.4 is 11.1 Å². The maximum Gasteiger partial charge on any atom is 0.250 e. The first-order chi connectivity index (χ1) is 10.2. The molecule has 2 rings (SSSR count). The molecule has 0 saturated heterocycles. The Morgan fingerprint density at radius 1 is 1.29 bits per heavy atom. The average Bonchev–Trinajstić information content (AvgIpc) is 2.50. The van der Waals surface area contributed by atoms with Crippen LogP contribution in [0.3, 0.4) is 0 Å². The van der Waals surface area contributed by atoms with Gasteiger partial charge < -0.3 is 15.8 Å². The summed E-state index contributed by atoms with van der Waals surface area (Å²) in [5.41, 5.74) is 6.41. The fraction of sp³-hybridized carbons (Fsp3) is 0.562. The van der Waals surface area contributed by atoms with Gasteiger partial charge in [-0.3, -0.25) is 4.79 Å². The maximum absolute atomic E-state index is 11.8. The van der Waals surface area contributed by atoms with Gasteiger partial charge in [-0.15, -0.1) is 0 Å². The molecule has 0 aromatic heterocycles. The number of carbonyl (C=O) groups excluding carboxylic acids is 1. The fourth-order valence-electron chi connectivity index (χ4n) is 2.87. The van der Waals surface area contributed by atoms with E-state index in [9.17, 15) is 4.79 Å². The number of nitrogens with two attached hydrogens (primary N) is 1. The van der Waals surface area contributed by atoms with E-state index in [0.717, 1.165) is 6.42 Å². The van der Waals surface area contributed by atoms with Gasteiger partial charge in [-0.1, -0.05) is 36.6 Å². The van der Waals surface area contributed by atoms with E-state index in [0.29, 0.717) is 35.7 Å². The summed E-state index contributed by atoms with van der Waals surface area (Å²) in [5, 5.41) is 3.28. The molecule has 1 amide bonds. The highest BCUT2D eigenvalue weighted by Crippen LogP contribution is 2.29. The molecule has 0 heterocycles. The normalized spacial score (nSPS) is 22.0. The van der Waals surface area contributed by atoms with Gasteiger partial charge in [-0.25, -0.2) is 0 Å². The lowest BCUT2D eigenvalue weighted by atomic mass is 9.80. The van der Waals surface area contributed by atoms with E-state index < -0.39 is 0 Å². The van der Waals surface area contributed by atoms with Crippen LogP contribution in [-0.4, -0.2) is 25.7 Å². The fourth-order valence-corrected chi connectivity index (χ4v) is 3.05. The molecule has 1 aliphatic carbocycles. The van der Waals surface area contributed by atoms with Crippen molar-refractivity contribution >= 4 is 23.2 Å².